The second-order valence-corrected chi connectivity index (χ2v) is 6.59. The fourth-order valence-corrected chi connectivity index (χ4v) is 2.77. The molecule has 28 heavy (non-hydrogen) atoms. The lowest BCUT2D eigenvalue weighted by Gasteiger charge is -2.13. The van der Waals surface area contributed by atoms with Crippen molar-refractivity contribution in [2.24, 2.45) is 0 Å². The summed E-state index contributed by atoms with van der Waals surface area (Å²) in [5.74, 6) is -0.186. The molecule has 0 radical (unpaired) electrons. The van der Waals surface area contributed by atoms with Gasteiger partial charge in [-0.05, 0) is 43.0 Å². The molecule has 0 spiro atoms. The van der Waals surface area contributed by atoms with Gasteiger partial charge in [0.05, 0.1) is 11.6 Å². The molecule has 1 aromatic heterocycles. The van der Waals surface area contributed by atoms with Crippen LogP contribution in [0.1, 0.15) is 53.9 Å². The Bertz CT molecular complexity index is 854. The molecule has 5 heteroatoms. The average Bonchev–Trinajstić information content (AvgIpc) is 2.68. The van der Waals surface area contributed by atoms with Gasteiger partial charge in [0.25, 0.3) is 5.91 Å². The molecule has 1 heterocycles. The molecule has 0 aliphatic heterocycles. The van der Waals surface area contributed by atoms with Gasteiger partial charge in [0, 0.05) is 25.9 Å². The van der Waals surface area contributed by atoms with E-state index in [0.717, 1.165) is 16.7 Å². The summed E-state index contributed by atoms with van der Waals surface area (Å²) in [5.41, 5.74) is 3.69. The Kier molecular flexibility index (Phi) is 8.15. The molecule has 2 N–H and O–H groups in total. The van der Waals surface area contributed by atoms with Gasteiger partial charge in [-0.1, -0.05) is 48.6 Å². The molecule has 0 aliphatic rings. The number of hydrogen-bond acceptors (Lipinski definition) is 3. The van der Waals surface area contributed by atoms with Gasteiger partial charge in [0.2, 0.25) is 5.91 Å². The first kappa shape index (κ1) is 21.1. The van der Waals surface area contributed by atoms with Crippen LogP contribution in [0.3, 0.4) is 0 Å². The van der Waals surface area contributed by atoms with Crippen molar-refractivity contribution < 1.29 is 9.59 Å². The number of aromatic nitrogens is 1. The average molecular weight is 377 g/mol. The van der Waals surface area contributed by atoms with Gasteiger partial charge in [0.1, 0.15) is 0 Å². The molecule has 2 aromatic rings. The van der Waals surface area contributed by atoms with Crippen LogP contribution in [0.4, 0.5) is 0 Å². The fraction of sp³-hybridized carbons (Fsp3) is 0.261. The molecular weight excluding hydrogens is 350 g/mol. The van der Waals surface area contributed by atoms with Crippen LogP contribution in [0.5, 0.6) is 0 Å². The number of rotatable bonds is 8. The van der Waals surface area contributed by atoms with Crippen LogP contribution in [-0.2, 0) is 11.2 Å². The summed E-state index contributed by atoms with van der Waals surface area (Å²) in [7, 11) is 0. The normalized spacial score (nSPS) is 12.2. The maximum absolute atomic E-state index is 12.3. The van der Waals surface area contributed by atoms with Crippen LogP contribution in [0.25, 0.3) is 0 Å². The van der Waals surface area contributed by atoms with Crippen molar-refractivity contribution in [2.45, 2.75) is 33.2 Å². The number of hydrogen-bond donors (Lipinski definition) is 2. The molecule has 2 rings (SSSR count). The van der Waals surface area contributed by atoms with E-state index in [1.165, 1.54) is 6.92 Å². The standard InChI is InChI=1S/C23H27N3O2/c1-4-5-6-7-12-25-23(28)22-14-20(15-24-16-22)13-19-8-10-21(11-9-19)17(2)26-18(3)27/h4-11,14-17H,12-13H2,1-3H3,(H,25,28)(H,26,27)/b5-4+,7-6+. The number of allylic oxidation sites excluding steroid dienone is 3. The smallest absolute Gasteiger partial charge is 0.253 e. The summed E-state index contributed by atoms with van der Waals surface area (Å²) in [6.45, 7) is 5.88. The van der Waals surface area contributed by atoms with Gasteiger partial charge >= 0.3 is 0 Å². The number of carbonyl (C=O) groups excluding carboxylic acids is 2. The highest BCUT2D eigenvalue weighted by atomic mass is 16.2. The van der Waals surface area contributed by atoms with Crippen LogP contribution in [-0.4, -0.2) is 23.3 Å². The Balaban J connectivity index is 1.98. The van der Waals surface area contributed by atoms with E-state index >= 15 is 0 Å². The van der Waals surface area contributed by atoms with E-state index in [1.54, 1.807) is 12.4 Å². The first-order valence-electron chi connectivity index (χ1n) is 9.35. The van der Waals surface area contributed by atoms with E-state index in [9.17, 15) is 9.59 Å². The van der Waals surface area contributed by atoms with Crippen molar-refractivity contribution in [3.05, 3.63) is 89.3 Å². The van der Waals surface area contributed by atoms with Crippen molar-refractivity contribution in [1.29, 1.82) is 0 Å². The molecular formula is C23H27N3O2. The fourth-order valence-electron chi connectivity index (χ4n) is 2.77. The minimum Gasteiger partial charge on any atom is -0.350 e. The minimum atomic E-state index is -0.140. The van der Waals surface area contributed by atoms with Gasteiger partial charge in [0.15, 0.2) is 0 Å². The van der Waals surface area contributed by atoms with Crippen molar-refractivity contribution in [2.75, 3.05) is 6.54 Å². The molecule has 5 nitrogen and oxygen atoms in total. The lowest BCUT2D eigenvalue weighted by Crippen LogP contribution is -2.23. The summed E-state index contributed by atoms with van der Waals surface area (Å²) in [5, 5.41) is 5.72. The first-order chi connectivity index (χ1) is 13.5. The molecule has 0 aliphatic carbocycles. The zero-order chi connectivity index (χ0) is 20.4. The maximum Gasteiger partial charge on any atom is 0.253 e. The molecule has 1 aromatic carbocycles. The predicted molar refractivity (Wildman–Crippen MR) is 112 cm³/mol. The van der Waals surface area contributed by atoms with E-state index in [2.05, 4.69) is 15.6 Å². The summed E-state index contributed by atoms with van der Waals surface area (Å²) in [6, 6.07) is 9.93. The molecule has 1 atom stereocenters. The second-order valence-electron chi connectivity index (χ2n) is 6.59. The Morgan fingerprint density at radius 2 is 1.86 bits per heavy atom. The third-order valence-electron chi connectivity index (χ3n) is 4.18. The summed E-state index contributed by atoms with van der Waals surface area (Å²) < 4.78 is 0. The number of nitrogens with zero attached hydrogens (tertiary/aromatic N) is 1. The number of nitrogens with one attached hydrogen (secondary N) is 2. The van der Waals surface area contributed by atoms with Gasteiger partial charge in [-0.2, -0.15) is 0 Å². The molecule has 1 unspecified atom stereocenters. The third-order valence-corrected chi connectivity index (χ3v) is 4.18. The van der Waals surface area contributed by atoms with Gasteiger partial charge in [-0.25, -0.2) is 0 Å². The van der Waals surface area contributed by atoms with Crippen molar-refractivity contribution in [1.82, 2.24) is 15.6 Å². The predicted octanol–water partition coefficient (Wildman–Crippen LogP) is 3.73. The zero-order valence-corrected chi connectivity index (χ0v) is 16.6. The number of amides is 2. The van der Waals surface area contributed by atoms with Crippen LogP contribution >= 0.6 is 0 Å². The summed E-state index contributed by atoms with van der Waals surface area (Å²) in [6.07, 6.45) is 11.7. The molecule has 2 amide bonds. The van der Waals surface area contributed by atoms with Crippen LogP contribution in [0, 0.1) is 0 Å². The topological polar surface area (TPSA) is 71.1 Å². The number of pyridine rings is 1. The zero-order valence-electron chi connectivity index (χ0n) is 16.6. The van der Waals surface area contributed by atoms with Gasteiger partial charge in [-0.15, -0.1) is 0 Å². The van der Waals surface area contributed by atoms with E-state index in [-0.39, 0.29) is 17.9 Å². The first-order valence-corrected chi connectivity index (χ1v) is 9.35. The highest BCUT2D eigenvalue weighted by molar-refractivity contribution is 5.94. The minimum absolute atomic E-state index is 0.0258. The van der Waals surface area contributed by atoms with Crippen molar-refractivity contribution in [3.8, 4) is 0 Å². The lowest BCUT2D eigenvalue weighted by atomic mass is 10.0. The monoisotopic (exact) mass is 377 g/mol. The molecule has 0 saturated heterocycles. The van der Waals surface area contributed by atoms with Crippen LogP contribution < -0.4 is 10.6 Å². The second kappa shape index (κ2) is 10.8. The van der Waals surface area contributed by atoms with E-state index < -0.39 is 0 Å². The molecule has 0 bridgehead atoms. The number of benzene rings is 1. The van der Waals surface area contributed by atoms with Crippen molar-refractivity contribution >= 4 is 11.8 Å². The highest BCUT2D eigenvalue weighted by Crippen LogP contribution is 2.16. The number of carbonyl (C=O) groups is 2. The Morgan fingerprint density at radius 3 is 2.54 bits per heavy atom. The third kappa shape index (κ3) is 6.83. The quantitative estimate of drug-likeness (QED) is 0.689. The summed E-state index contributed by atoms with van der Waals surface area (Å²) >= 11 is 0. The maximum atomic E-state index is 12.3. The lowest BCUT2D eigenvalue weighted by molar-refractivity contribution is -0.119. The van der Waals surface area contributed by atoms with E-state index in [1.807, 2.05) is 68.5 Å². The highest BCUT2D eigenvalue weighted by Gasteiger charge is 2.08. The molecule has 146 valence electrons. The SMILES string of the molecule is C/C=C/C=C/CNC(=O)c1cncc(Cc2ccc(C(C)NC(C)=O)cc2)c1. The van der Waals surface area contributed by atoms with Crippen molar-refractivity contribution in [3.63, 3.8) is 0 Å². The Morgan fingerprint density at radius 1 is 1.11 bits per heavy atom. The van der Waals surface area contributed by atoms with E-state index in [4.69, 9.17) is 0 Å². The van der Waals surface area contributed by atoms with Gasteiger partial charge in [-0.3, -0.25) is 14.6 Å². The molecule has 0 saturated carbocycles. The van der Waals surface area contributed by atoms with E-state index in [0.29, 0.717) is 18.5 Å². The molecule has 0 fully saturated rings. The largest absolute Gasteiger partial charge is 0.350 e. The Labute approximate surface area is 166 Å². The summed E-state index contributed by atoms with van der Waals surface area (Å²) in [4.78, 5) is 27.6. The van der Waals surface area contributed by atoms with Crippen LogP contribution in [0.2, 0.25) is 0 Å². The Hall–Kier alpha value is -3.21. The van der Waals surface area contributed by atoms with Crippen LogP contribution in [0.15, 0.2) is 67.0 Å². The van der Waals surface area contributed by atoms with Gasteiger partial charge < -0.3 is 10.6 Å².